The summed E-state index contributed by atoms with van der Waals surface area (Å²) in [6, 6.07) is 7.09. The number of aromatic nitrogens is 2. The largest absolute Gasteiger partial charge is 0.456 e. The first-order chi connectivity index (χ1) is 14.1. The number of alkyl halides is 1. The molecule has 9 nitrogen and oxygen atoms in total. The van der Waals surface area contributed by atoms with E-state index in [1.54, 1.807) is 26.0 Å². The zero-order chi connectivity index (χ0) is 21.7. The summed E-state index contributed by atoms with van der Waals surface area (Å²) < 4.78 is 38.7. The van der Waals surface area contributed by atoms with Gasteiger partial charge in [0.2, 0.25) is 0 Å². The quantitative estimate of drug-likeness (QED) is 0.721. The fraction of sp³-hybridized carbons (Fsp3) is 0.421. The third-order valence-corrected chi connectivity index (χ3v) is 4.97. The van der Waals surface area contributed by atoms with E-state index in [0.29, 0.717) is 5.02 Å². The number of nitrogens with zero attached hydrogens (tertiary/aromatic N) is 1. The zero-order valence-corrected chi connectivity index (χ0v) is 16.7. The van der Waals surface area contributed by atoms with Gasteiger partial charge < -0.3 is 18.9 Å². The van der Waals surface area contributed by atoms with Crippen molar-refractivity contribution in [2.45, 2.75) is 43.9 Å². The van der Waals surface area contributed by atoms with Crippen molar-refractivity contribution in [2.24, 2.45) is 0 Å². The van der Waals surface area contributed by atoms with Gasteiger partial charge in [-0.15, -0.1) is 0 Å². The molecule has 11 heteroatoms. The number of fused-ring (bicyclic) bond motifs is 1. The second kappa shape index (κ2) is 7.31. The van der Waals surface area contributed by atoms with Crippen LogP contribution in [0.5, 0.6) is 0 Å². The maximum Gasteiger partial charge on any atom is 0.338 e. The highest BCUT2D eigenvalue weighted by Crippen LogP contribution is 2.48. The van der Waals surface area contributed by atoms with Crippen molar-refractivity contribution < 1.29 is 28.1 Å². The van der Waals surface area contributed by atoms with E-state index in [-0.39, 0.29) is 5.56 Å². The molecule has 1 aromatic carbocycles. The first-order valence-corrected chi connectivity index (χ1v) is 9.42. The summed E-state index contributed by atoms with van der Waals surface area (Å²) in [6.45, 7) is 2.35. The summed E-state index contributed by atoms with van der Waals surface area (Å²) in [5.74, 6) is -4.58. The van der Waals surface area contributed by atoms with Crippen LogP contribution in [0.15, 0.2) is 46.1 Å². The molecular formula is C19H18ClFN2O7. The van der Waals surface area contributed by atoms with Gasteiger partial charge in [-0.3, -0.25) is 14.3 Å². The summed E-state index contributed by atoms with van der Waals surface area (Å²) in [4.78, 5) is 37.9. The Hall–Kier alpha value is -2.53. The van der Waals surface area contributed by atoms with E-state index in [4.69, 9.17) is 30.5 Å². The Bertz CT molecular complexity index is 1100. The Labute approximate surface area is 174 Å². The van der Waals surface area contributed by atoms with Crippen molar-refractivity contribution in [3.63, 3.8) is 0 Å². The summed E-state index contributed by atoms with van der Waals surface area (Å²) in [5, 5.41) is 0.323. The third-order valence-electron chi connectivity index (χ3n) is 4.74. The normalized spacial score (nSPS) is 29.5. The van der Waals surface area contributed by atoms with Crippen molar-refractivity contribution in [1.82, 2.24) is 9.55 Å². The van der Waals surface area contributed by atoms with Gasteiger partial charge in [0, 0.05) is 17.3 Å². The molecule has 0 bridgehead atoms. The molecule has 0 unspecified atom stereocenters. The van der Waals surface area contributed by atoms with E-state index in [2.05, 4.69) is 4.98 Å². The Kier molecular flexibility index (Phi) is 5.05. The van der Waals surface area contributed by atoms with E-state index in [9.17, 15) is 14.4 Å². The van der Waals surface area contributed by atoms with Crippen molar-refractivity contribution in [3.8, 4) is 0 Å². The first-order valence-electron chi connectivity index (χ1n) is 9.04. The molecule has 0 amide bonds. The molecule has 0 spiro atoms. The monoisotopic (exact) mass is 440 g/mol. The number of hydrogen-bond acceptors (Lipinski definition) is 7. The van der Waals surface area contributed by atoms with Gasteiger partial charge in [0.05, 0.1) is 5.56 Å². The standard InChI is InChI=1S/C19H18ClFN2O7/c1-18(2)28-13-14(29-18)19(21,9-27-16(25)10-4-3-5-11(20)8-10)30-15(13)23-7-6-12(24)22-17(23)26/h3-8,13-15H,9H2,1-2H3,(H,22,24,26)/t13-,14+,15-,19-/m1/s1. The van der Waals surface area contributed by atoms with Crippen LogP contribution in [0, 0.1) is 0 Å². The van der Waals surface area contributed by atoms with Gasteiger partial charge in [-0.2, -0.15) is 0 Å². The van der Waals surface area contributed by atoms with Crippen molar-refractivity contribution in [1.29, 1.82) is 0 Å². The lowest BCUT2D eigenvalue weighted by Gasteiger charge is -2.28. The van der Waals surface area contributed by atoms with Crippen molar-refractivity contribution in [3.05, 3.63) is 68.0 Å². The maximum atomic E-state index is 15.8. The molecule has 30 heavy (non-hydrogen) atoms. The minimum Gasteiger partial charge on any atom is -0.456 e. The van der Waals surface area contributed by atoms with E-state index < -0.39 is 53.9 Å². The molecule has 3 heterocycles. The second-order valence-corrected chi connectivity index (χ2v) is 7.86. The fourth-order valence-corrected chi connectivity index (χ4v) is 3.68. The number of rotatable bonds is 4. The van der Waals surface area contributed by atoms with Crippen LogP contribution >= 0.6 is 11.6 Å². The molecule has 160 valence electrons. The van der Waals surface area contributed by atoms with Gasteiger partial charge in [0.25, 0.3) is 11.4 Å². The molecule has 4 atom stereocenters. The topological polar surface area (TPSA) is 109 Å². The highest BCUT2D eigenvalue weighted by atomic mass is 35.5. The molecule has 2 saturated heterocycles. The summed E-state index contributed by atoms with van der Waals surface area (Å²) >= 11 is 5.86. The van der Waals surface area contributed by atoms with Gasteiger partial charge >= 0.3 is 11.7 Å². The maximum absolute atomic E-state index is 15.8. The van der Waals surface area contributed by atoms with Crippen LogP contribution in [0.1, 0.15) is 30.4 Å². The van der Waals surface area contributed by atoms with Crippen LogP contribution in [0.25, 0.3) is 0 Å². The van der Waals surface area contributed by atoms with Gasteiger partial charge in [0.15, 0.2) is 24.7 Å². The summed E-state index contributed by atoms with van der Waals surface area (Å²) in [7, 11) is 0. The average Bonchev–Trinajstić information content (AvgIpc) is 3.12. The molecule has 2 aromatic rings. The highest BCUT2D eigenvalue weighted by molar-refractivity contribution is 6.30. The molecule has 0 aliphatic carbocycles. The van der Waals surface area contributed by atoms with E-state index >= 15 is 4.39 Å². The number of benzene rings is 1. The molecule has 2 fully saturated rings. The minimum atomic E-state index is -2.60. The van der Waals surface area contributed by atoms with Crippen LogP contribution in [0.4, 0.5) is 4.39 Å². The number of carbonyl (C=O) groups is 1. The Morgan fingerprint density at radius 1 is 1.27 bits per heavy atom. The fourth-order valence-electron chi connectivity index (χ4n) is 3.49. The van der Waals surface area contributed by atoms with Gasteiger partial charge in [-0.1, -0.05) is 17.7 Å². The number of H-pyrrole nitrogens is 1. The number of nitrogens with one attached hydrogen (secondary N) is 1. The molecular weight excluding hydrogens is 423 g/mol. The SMILES string of the molecule is CC1(C)O[C@H]2[C@H](n3ccc(=O)[nH]c3=O)O[C@](F)(COC(=O)c3cccc(Cl)c3)[C@H]2O1. The van der Waals surface area contributed by atoms with E-state index in [1.165, 1.54) is 18.3 Å². The number of hydrogen-bond donors (Lipinski definition) is 1. The average molecular weight is 441 g/mol. The molecule has 1 N–H and O–H groups in total. The lowest BCUT2D eigenvalue weighted by atomic mass is 10.1. The predicted octanol–water partition coefficient (Wildman–Crippen LogP) is 1.76. The second-order valence-electron chi connectivity index (χ2n) is 7.42. The number of halogens is 2. The Balaban J connectivity index is 1.60. The summed E-state index contributed by atoms with van der Waals surface area (Å²) in [5.41, 5.74) is -1.28. The van der Waals surface area contributed by atoms with Crippen LogP contribution < -0.4 is 11.2 Å². The van der Waals surface area contributed by atoms with Crippen molar-refractivity contribution >= 4 is 17.6 Å². The molecule has 0 radical (unpaired) electrons. The van der Waals surface area contributed by atoms with Gasteiger partial charge in [-0.25, -0.2) is 14.0 Å². The van der Waals surface area contributed by atoms with E-state index in [1.807, 2.05) is 0 Å². The first kappa shape index (κ1) is 20.7. The zero-order valence-electron chi connectivity index (χ0n) is 16.0. The van der Waals surface area contributed by atoms with Gasteiger partial charge in [-0.05, 0) is 32.0 Å². The Morgan fingerprint density at radius 3 is 2.73 bits per heavy atom. The summed E-state index contributed by atoms with van der Waals surface area (Å²) in [6.07, 6.45) is -2.40. The molecule has 2 aliphatic rings. The third kappa shape index (κ3) is 3.79. The highest BCUT2D eigenvalue weighted by Gasteiger charge is 2.65. The Morgan fingerprint density at radius 2 is 2.03 bits per heavy atom. The molecule has 4 rings (SSSR count). The number of esters is 1. The lowest BCUT2D eigenvalue weighted by molar-refractivity contribution is -0.265. The molecule has 2 aliphatic heterocycles. The lowest BCUT2D eigenvalue weighted by Crippen LogP contribution is -2.43. The number of carbonyl (C=O) groups excluding carboxylic acids is 1. The predicted molar refractivity (Wildman–Crippen MR) is 101 cm³/mol. The minimum absolute atomic E-state index is 0.137. The molecule has 0 saturated carbocycles. The van der Waals surface area contributed by atoms with E-state index in [0.717, 1.165) is 10.6 Å². The number of aromatic amines is 1. The number of ether oxygens (including phenoxy) is 4. The van der Waals surface area contributed by atoms with Crippen LogP contribution in [0.2, 0.25) is 5.02 Å². The molecule has 1 aromatic heterocycles. The van der Waals surface area contributed by atoms with Crippen LogP contribution in [0.3, 0.4) is 0 Å². The van der Waals surface area contributed by atoms with Gasteiger partial charge in [0.1, 0.15) is 6.10 Å². The smallest absolute Gasteiger partial charge is 0.338 e. The van der Waals surface area contributed by atoms with Crippen LogP contribution in [-0.2, 0) is 18.9 Å². The van der Waals surface area contributed by atoms with Crippen molar-refractivity contribution in [2.75, 3.05) is 6.61 Å². The van der Waals surface area contributed by atoms with Crippen LogP contribution in [-0.4, -0.2) is 46.0 Å².